The standard InChI is InChI=1S/C22H24Cl2N6O2S3/c1-12-19(17-10-33-21(28-17)29-20(25)32)35-22(26-12)34-11-18(31)27-14-4-6-30(7-5-14)9-13-2-3-15(23)16(24)8-13/h2-3,8,10,14H,4-7,9,11H2,1H3,(H,27,31)(H3,25,28,29,32). The molecular weight excluding hydrogens is 547 g/mol. The normalized spacial score (nSPS) is 14.7. The van der Waals surface area contributed by atoms with Crippen molar-refractivity contribution in [2.45, 2.75) is 36.7 Å². The average molecular weight is 572 g/mol. The number of benzene rings is 1. The van der Waals surface area contributed by atoms with E-state index in [4.69, 9.17) is 28.9 Å². The molecule has 3 amide bonds. The van der Waals surface area contributed by atoms with Crippen molar-refractivity contribution >= 4 is 74.7 Å². The van der Waals surface area contributed by atoms with Crippen LogP contribution in [-0.4, -0.2) is 51.7 Å². The molecule has 0 aliphatic carbocycles. The first kappa shape index (κ1) is 26.2. The second-order valence-corrected chi connectivity index (χ2v) is 12.0. The maximum atomic E-state index is 12.5. The van der Waals surface area contributed by atoms with Gasteiger partial charge in [0.25, 0.3) is 0 Å². The Bertz CT molecular complexity index is 1210. The third kappa shape index (κ3) is 7.31. The lowest BCUT2D eigenvalue weighted by Crippen LogP contribution is -2.44. The van der Waals surface area contributed by atoms with Gasteiger partial charge in [-0.2, -0.15) is 0 Å². The lowest BCUT2D eigenvalue weighted by Gasteiger charge is -2.32. The fraction of sp³-hybridized carbons (Fsp3) is 0.364. The maximum Gasteiger partial charge on any atom is 0.318 e. The summed E-state index contributed by atoms with van der Waals surface area (Å²) in [7, 11) is 0. The Kier molecular flexibility index (Phi) is 8.90. The van der Waals surface area contributed by atoms with Crippen LogP contribution in [0.15, 0.2) is 27.9 Å². The highest BCUT2D eigenvalue weighted by molar-refractivity contribution is 8.01. The number of carbonyl (C=O) groups excluding carboxylic acids is 2. The van der Waals surface area contributed by atoms with Crippen LogP contribution in [0.4, 0.5) is 9.93 Å². The number of carbonyl (C=O) groups is 2. The van der Waals surface area contributed by atoms with E-state index in [0.29, 0.717) is 20.9 Å². The third-order valence-electron chi connectivity index (χ3n) is 5.41. The molecule has 1 aromatic carbocycles. The van der Waals surface area contributed by atoms with E-state index in [1.54, 1.807) is 0 Å². The van der Waals surface area contributed by atoms with Crippen molar-refractivity contribution in [3.05, 3.63) is 44.9 Å². The van der Waals surface area contributed by atoms with Gasteiger partial charge in [-0.25, -0.2) is 14.8 Å². The third-order valence-corrected chi connectivity index (χ3v) is 9.23. The number of primary amides is 1. The van der Waals surface area contributed by atoms with Crippen LogP contribution >= 0.6 is 57.6 Å². The number of likely N-dealkylation sites (tertiary alicyclic amines) is 1. The molecule has 2 aromatic heterocycles. The molecule has 3 aromatic rings. The second-order valence-electron chi connectivity index (χ2n) is 8.08. The number of thioether (sulfide) groups is 1. The minimum absolute atomic E-state index is 0.00828. The van der Waals surface area contributed by atoms with Gasteiger partial charge >= 0.3 is 6.03 Å². The molecule has 8 nitrogen and oxygen atoms in total. The highest BCUT2D eigenvalue weighted by atomic mass is 35.5. The molecule has 0 unspecified atom stereocenters. The fourth-order valence-corrected chi connectivity index (χ4v) is 6.80. The Hall–Kier alpha value is -1.89. The average Bonchev–Trinajstić information content (AvgIpc) is 3.41. The molecule has 0 bridgehead atoms. The number of nitrogens with one attached hydrogen (secondary N) is 2. The van der Waals surface area contributed by atoms with E-state index >= 15 is 0 Å². The van der Waals surface area contributed by atoms with Crippen LogP contribution in [0.2, 0.25) is 10.0 Å². The van der Waals surface area contributed by atoms with Gasteiger partial charge < -0.3 is 11.1 Å². The highest BCUT2D eigenvalue weighted by Crippen LogP contribution is 2.36. The zero-order chi connectivity index (χ0) is 24.9. The number of nitrogens with zero attached hydrogens (tertiary/aromatic N) is 3. The van der Waals surface area contributed by atoms with Gasteiger partial charge in [0, 0.05) is 31.1 Å². The molecule has 4 N–H and O–H groups in total. The summed E-state index contributed by atoms with van der Waals surface area (Å²) in [5.74, 6) is 0.315. The second kappa shape index (κ2) is 11.9. The first-order valence-electron chi connectivity index (χ1n) is 10.8. The number of piperidine rings is 1. The van der Waals surface area contributed by atoms with Gasteiger partial charge in [-0.3, -0.25) is 15.0 Å². The number of thiazole rings is 2. The molecule has 1 aliphatic rings. The zero-order valence-corrected chi connectivity index (χ0v) is 22.8. The van der Waals surface area contributed by atoms with Crippen molar-refractivity contribution in [3.63, 3.8) is 0 Å². The molecule has 1 fully saturated rings. The predicted octanol–water partition coefficient (Wildman–Crippen LogP) is 5.25. The summed E-state index contributed by atoms with van der Waals surface area (Å²) >= 11 is 16.3. The largest absolute Gasteiger partial charge is 0.353 e. The number of halogens is 2. The number of urea groups is 1. The number of aromatic nitrogens is 2. The molecule has 0 atom stereocenters. The smallest absolute Gasteiger partial charge is 0.318 e. The monoisotopic (exact) mass is 570 g/mol. The van der Waals surface area contributed by atoms with Crippen molar-refractivity contribution in [2.24, 2.45) is 5.73 Å². The van der Waals surface area contributed by atoms with Crippen LogP contribution in [0.5, 0.6) is 0 Å². The number of hydrogen-bond donors (Lipinski definition) is 3. The van der Waals surface area contributed by atoms with E-state index in [-0.39, 0.29) is 11.9 Å². The van der Waals surface area contributed by atoms with Crippen molar-refractivity contribution in [1.29, 1.82) is 0 Å². The number of hydrogen-bond acceptors (Lipinski definition) is 8. The van der Waals surface area contributed by atoms with Crippen LogP contribution < -0.4 is 16.4 Å². The fourth-order valence-electron chi connectivity index (χ4n) is 3.74. The Balaban J connectivity index is 1.22. The van der Waals surface area contributed by atoms with E-state index in [0.717, 1.165) is 58.6 Å². The summed E-state index contributed by atoms with van der Waals surface area (Å²) in [5.41, 5.74) is 7.85. The summed E-state index contributed by atoms with van der Waals surface area (Å²) in [6.45, 7) is 4.54. The van der Waals surface area contributed by atoms with Crippen LogP contribution in [0.25, 0.3) is 10.6 Å². The van der Waals surface area contributed by atoms with E-state index < -0.39 is 6.03 Å². The SMILES string of the molecule is Cc1nc(SCC(=O)NC2CCN(Cc3ccc(Cl)c(Cl)c3)CC2)sc1-c1csc(NC(N)=O)n1. The summed E-state index contributed by atoms with van der Waals surface area (Å²) < 4.78 is 0.807. The van der Waals surface area contributed by atoms with Crippen molar-refractivity contribution < 1.29 is 9.59 Å². The van der Waals surface area contributed by atoms with Gasteiger partial charge in [0.15, 0.2) is 9.47 Å². The summed E-state index contributed by atoms with van der Waals surface area (Å²) in [6.07, 6.45) is 1.81. The van der Waals surface area contributed by atoms with Gasteiger partial charge in [0.2, 0.25) is 5.91 Å². The van der Waals surface area contributed by atoms with Gasteiger partial charge in [-0.1, -0.05) is 41.0 Å². The molecule has 1 saturated heterocycles. The first-order chi connectivity index (χ1) is 16.8. The highest BCUT2D eigenvalue weighted by Gasteiger charge is 2.21. The molecule has 3 heterocycles. The molecule has 0 spiro atoms. The van der Waals surface area contributed by atoms with Gasteiger partial charge in [0.1, 0.15) is 0 Å². The van der Waals surface area contributed by atoms with Crippen molar-refractivity contribution in [1.82, 2.24) is 20.2 Å². The van der Waals surface area contributed by atoms with E-state index in [1.807, 2.05) is 30.5 Å². The topological polar surface area (TPSA) is 113 Å². The number of amides is 3. The molecule has 186 valence electrons. The first-order valence-corrected chi connectivity index (χ1v) is 14.3. The predicted molar refractivity (Wildman–Crippen MR) is 145 cm³/mol. The van der Waals surface area contributed by atoms with E-state index in [2.05, 4.69) is 25.5 Å². The van der Waals surface area contributed by atoms with E-state index in [1.165, 1.54) is 34.4 Å². The number of anilines is 1. The van der Waals surface area contributed by atoms with Crippen LogP contribution in [-0.2, 0) is 11.3 Å². The molecule has 0 saturated carbocycles. The van der Waals surface area contributed by atoms with Crippen molar-refractivity contribution in [2.75, 3.05) is 24.2 Å². The summed E-state index contributed by atoms with van der Waals surface area (Å²) in [4.78, 5) is 35.8. The van der Waals surface area contributed by atoms with Crippen molar-refractivity contribution in [3.8, 4) is 10.6 Å². The maximum absolute atomic E-state index is 12.5. The summed E-state index contributed by atoms with van der Waals surface area (Å²) in [6, 6.07) is 5.26. The molecule has 0 radical (unpaired) electrons. The van der Waals surface area contributed by atoms with Crippen LogP contribution in [0, 0.1) is 6.92 Å². The van der Waals surface area contributed by atoms with Crippen LogP contribution in [0.1, 0.15) is 24.1 Å². The molecule has 4 rings (SSSR count). The van der Waals surface area contributed by atoms with Gasteiger partial charge in [-0.15, -0.1) is 22.7 Å². The Morgan fingerprint density at radius 3 is 2.71 bits per heavy atom. The number of nitrogens with two attached hydrogens (primary N) is 1. The molecule has 13 heteroatoms. The Labute approximate surface area is 225 Å². The van der Waals surface area contributed by atoms with Gasteiger partial charge in [-0.05, 0) is 37.5 Å². The molecule has 35 heavy (non-hydrogen) atoms. The van der Waals surface area contributed by atoms with Gasteiger partial charge in [0.05, 0.1) is 32.1 Å². The minimum Gasteiger partial charge on any atom is -0.353 e. The lowest BCUT2D eigenvalue weighted by atomic mass is 10.0. The summed E-state index contributed by atoms with van der Waals surface area (Å²) in [5, 5.41) is 9.06. The molecule has 1 aliphatic heterocycles. The minimum atomic E-state index is -0.647. The Morgan fingerprint density at radius 2 is 2.00 bits per heavy atom. The Morgan fingerprint density at radius 1 is 1.23 bits per heavy atom. The molecular formula is C22H24Cl2N6O2S3. The number of aryl methyl sites for hydroxylation is 1. The number of rotatable bonds is 8. The quantitative estimate of drug-likeness (QED) is 0.319. The van der Waals surface area contributed by atoms with Crippen LogP contribution in [0.3, 0.4) is 0 Å². The zero-order valence-electron chi connectivity index (χ0n) is 18.8. The lowest BCUT2D eigenvalue weighted by molar-refractivity contribution is -0.119. The van der Waals surface area contributed by atoms with E-state index in [9.17, 15) is 9.59 Å².